The molecule has 1 N–H and O–H groups in total. The zero-order valence-electron chi connectivity index (χ0n) is 16.8. The predicted molar refractivity (Wildman–Crippen MR) is 123 cm³/mol. The summed E-state index contributed by atoms with van der Waals surface area (Å²) in [6.07, 6.45) is 0. The van der Waals surface area contributed by atoms with Gasteiger partial charge in [-0.25, -0.2) is 4.98 Å². The number of hydrogen-bond acceptors (Lipinski definition) is 3. The summed E-state index contributed by atoms with van der Waals surface area (Å²) < 4.78 is 5.82. The third-order valence-electron chi connectivity index (χ3n) is 4.79. The van der Waals surface area contributed by atoms with Gasteiger partial charge in [-0.3, -0.25) is 4.79 Å². The van der Waals surface area contributed by atoms with Crippen LogP contribution in [0.3, 0.4) is 0 Å². The minimum atomic E-state index is -0.181. The van der Waals surface area contributed by atoms with Gasteiger partial charge in [-0.05, 0) is 53.4 Å². The first-order valence-corrected chi connectivity index (χ1v) is 10.2. The van der Waals surface area contributed by atoms with Crippen LogP contribution in [-0.4, -0.2) is 10.9 Å². The summed E-state index contributed by atoms with van der Waals surface area (Å²) in [5.41, 5.74) is 4.23. The van der Waals surface area contributed by atoms with Crippen molar-refractivity contribution in [1.29, 1.82) is 0 Å². The van der Waals surface area contributed by atoms with Crippen LogP contribution in [0.1, 0.15) is 36.7 Å². The number of carbonyl (C=O) groups is 1. The molecule has 0 saturated carbocycles. The summed E-state index contributed by atoms with van der Waals surface area (Å²) in [6.45, 7) is 6.42. The van der Waals surface area contributed by atoms with E-state index >= 15 is 0 Å². The van der Waals surface area contributed by atoms with Crippen LogP contribution < -0.4 is 5.32 Å². The maximum atomic E-state index is 12.7. The van der Waals surface area contributed by atoms with Gasteiger partial charge in [0, 0.05) is 21.8 Å². The number of fused-ring (bicyclic) bond motifs is 1. The van der Waals surface area contributed by atoms with E-state index in [4.69, 9.17) is 27.6 Å². The molecule has 0 aliphatic heterocycles. The minimum Gasteiger partial charge on any atom is -0.435 e. The first kappa shape index (κ1) is 20.5. The highest BCUT2D eigenvalue weighted by Gasteiger charge is 2.15. The van der Waals surface area contributed by atoms with Crippen molar-refractivity contribution in [3.8, 4) is 11.5 Å². The van der Waals surface area contributed by atoms with Gasteiger partial charge in [-0.2, -0.15) is 0 Å². The molecular formula is C24H20Cl2N2O2. The number of aromatic nitrogens is 1. The van der Waals surface area contributed by atoms with Crippen LogP contribution in [0.25, 0.3) is 22.6 Å². The van der Waals surface area contributed by atoms with Gasteiger partial charge in [0.15, 0.2) is 5.58 Å². The van der Waals surface area contributed by atoms with Crippen molar-refractivity contribution >= 4 is 45.9 Å². The van der Waals surface area contributed by atoms with E-state index in [-0.39, 0.29) is 11.3 Å². The molecule has 0 atom stereocenters. The highest BCUT2D eigenvalue weighted by molar-refractivity contribution is 6.38. The van der Waals surface area contributed by atoms with E-state index < -0.39 is 0 Å². The summed E-state index contributed by atoms with van der Waals surface area (Å²) in [7, 11) is 0. The Morgan fingerprint density at radius 2 is 1.73 bits per heavy atom. The smallest absolute Gasteiger partial charge is 0.255 e. The van der Waals surface area contributed by atoms with E-state index in [0.717, 1.165) is 5.56 Å². The molecule has 0 aliphatic rings. The topological polar surface area (TPSA) is 55.1 Å². The minimum absolute atomic E-state index is 0.0377. The Bertz CT molecular complexity index is 1240. The fourth-order valence-corrected chi connectivity index (χ4v) is 3.66. The zero-order chi connectivity index (χ0) is 21.5. The number of carbonyl (C=O) groups excluding carboxylic acids is 1. The third kappa shape index (κ3) is 4.20. The quantitative estimate of drug-likeness (QED) is 0.363. The summed E-state index contributed by atoms with van der Waals surface area (Å²) in [5, 5.41) is 3.82. The average Bonchev–Trinajstić information content (AvgIpc) is 3.12. The van der Waals surface area contributed by atoms with Crippen LogP contribution in [0.15, 0.2) is 65.1 Å². The van der Waals surface area contributed by atoms with Gasteiger partial charge in [0.2, 0.25) is 5.89 Å². The summed E-state index contributed by atoms with van der Waals surface area (Å²) >= 11 is 12.2. The molecule has 3 aromatic carbocycles. The van der Waals surface area contributed by atoms with E-state index in [9.17, 15) is 4.79 Å². The maximum absolute atomic E-state index is 12.7. The van der Waals surface area contributed by atoms with Crippen LogP contribution in [0.4, 0.5) is 5.69 Å². The van der Waals surface area contributed by atoms with E-state index in [0.29, 0.717) is 38.3 Å². The van der Waals surface area contributed by atoms with Gasteiger partial charge in [0.1, 0.15) is 5.52 Å². The number of nitrogens with zero attached hydrogens (tertiary/aromatic N) is 1. The molecule has 6 heteroatoms. The second kappa shape index (κ2) is 7.78. The maximum Gasteiger partial charge on any atom is 0.255 e. The van der Waals surface area contributed by atoms with E-state index in [2.05, 4.69) is 31.1 Å². The molecule has 30 heavy (non-hydrogen) atoms. The number of benzene rings is 3. The van der Waals surface area contributed by atoms with Crippen LogP contribution >= 0.6 is 23.2 Å². The van der Waals surface area contributed by atoms with Crippen LogP contribution in [0, 0.1) is 0 Å². The number of rotatable bonds is 3. The zero-order valence-corrected chi connectivity index (χ0v) is 18.3. The van der Waals surface area contributed by atoms with Crippen molar-refractivity contribution in [2.45, 2.75) is 26.2 Å². The fraction of sp³-hybridized carbons (Fsp3) is 0.167. The lowest BCUT2D eigenvalue weighted by atomic mass is 9.87. The first-order valence-electron chi connectivity index (χ1n) is 9.48. The molecular weight excluding hydrogens is 419 g/mol. The molecule has 0 radical (unpaired) electrons. The van der Waals surface area contributed by atoms with Crippen LogP contribution in [0.5, 0.6) is 0 Å². The average molecular weight is 439 g/mol. The fourth-order valence-electron chi connectivity index (χ4n) is 3.14. The number of amides is 1. The molecule has 0 fully saturated rings. The Morgan fingerprint density at radius 3 is 2.43 bits per heavy atom. The Morgan fingerprint density at radius 1 is 1.00 bits per heavy atom. The Hall–Kier alpha value is -2.82. The van der Waals surface area contributed by atoms with Gasteiger partial charge in [-0.15, -0.1) is 0 Å². The number of oxazole rings is 1. The molecule has 0 aliphatic carbocycles. The molecule has 1 aromatic heterocycles. The second-order valence-corrected chi connectivity index (χ2v) is 8.96. The van der Waals surface area contributed by atoms with Gasteiger partial charge >= 0.3 is 0 Å². The van der Waals surface area contributed by atoms with Gasteiger partial charge < -0.3 is 9.73 Å². The molecule has 152 valence electrons. The first-order chi connectivity index (χ1) is 14.2. The van der Waals surface area contributed by atoms with Crippen molar-refractivity contribution in [1.82, 2.24) is 4.98 Å². The molecule has 4 nitrogen and oxygen atoms in total. The Labute approximate surface area is 184 Å². The number of hydrogen-bond donors (Lipinski definition) is 1. The molecule has 0 saturated heterocycles. The van der Waals surface area contributed by atoms with Gasteiger partial charge in [0.25, 0.3) is 5.91 Å². The normalized spacial score (nSPS) is 11.6. The summed E-state index contributed by atoms with van der Waals surface area (Å²) in [4.78, 5) is 17.1. The molecule has 0 bridgehead atoms. The summed E-state index contributed by atoms with van der Waals surface area (Å²) in [6, 6.07) is 18.3. The monoisotopic (exact) mass is 438 g/mol. The van der Waals surface area contributed by atoms with Gasteiger partial charge in [0.05, 0.1) is 5.02 Å². The van der Waals surface area contributed by atoms with E-state index in [1.807, 2.05) is 48.5 Å². The largest absolute Gasteiger partial charge is 0.435 e. The lowest BCUT2D eigenvalue weighted by Gasteiger charge is -2.19. The predicted octanol–water partition coefficient (Wildman–Crippen LogP) is 7.35. The standard InChI is InChI=1S/C24H20Cl2N2O2/c1-24(2,3)16-9-7-14(8-10-16)22(29)27-18-6-4-5-15(11-18)23-28-20-13-17(25)12-19(26)21(20)30-23/h4-13H,1-3H3,(H,27,29). The highest BCUT2D eigenvalue weighted by Crippen LogP contribution is 2.32. The van der Waals surface area contributed by atoms with Crippen molar-refractivity contribution in [2.24, 2.45) is 0 Å². The van der Waals surface area contributed by atoms with Crippen molar-refractivity contribution < 1.29 is 9.21 Å². The van der Waals surface area contributed by atoms with Crippen LogP contribution in [0.2, 0.25) is 10.0 Å². The molecule has 1 heterocycles. The SMILES string of the molecule is CC(C)(C)c1ccc(C(=O)Nc2cccc(-c3nc4cc(Cl)cc(Cl)c4o3)c2)cc1. The number of halogens is 2. The van der Waals surface area contributed by atoms with E-state index in [1.54, 1.807) is 12.1 Å². The Kier molecular flexibility index (Phi) is 5.31. The van der Waals surface area contributed by atoms with Crippen molar-refractivity contribution in [2.75, 3.05) is 5.32 Å². The molecule has 4 rings (SSSR count). The number of anilines is 1. The number of nitrogens with one attached hydrogen (secondary N) is 1. The third-order valence-corrected chi connectivity index (χ3v) is 5.29. The molecule has 0 unspecified atom stereocenters. The van der Waals surface area contributed by atoms with E-state index in [1.165, 1.54) is 5.56 Å². The lowest BCUT2D eigenvalue weighted by molar-refractivity contribution is 0.102. The Balaban J connectivity index is 1.58. The van der Waals surface area contributed by atoms with Gasteiger partial charge in [-0.1, -0.05) is 62.2 Å². The molecule has 1 amide bonds. The van der Waals surface area contributed by atoms with Crippen molar-refractivity contribution in [3.63, 3.8) is 0 Å². The highest BCUT2D eigenvalue weighted by atomic mass is 35.5. The summed E-state index contributed by atoms with van der Waals surface area (Å²) in [5.74, 6) is 0.222. The lowest BCUT2D eigenvalue weighted by Crippen LogP contribution is -2.14. The van der Waals surface area contributed by atoms with Crippen LogP contribution in [-0.2, 0) is 5.41 Å². The van der Waals surface area contributed by atoms with Crippen molar-refractivity contribution in [3.05, 3.63) is 81.8 Å². The molecule has 4 aromatic rings. The second-order valence-electron chi connectivity index (χ2n) is 8.12. The molecule has 0 spiro atoms.